The average molecular weight is 457 g/mol. The van der Waals surface area contributed by atoms with Gasteiger partial charge in [-0.3, -0.25) is 14.9 Å². The number of carbonyl (C=O) groups is 1. The number of amides is 1. The molecule has 4 rings (SSSR count). The van der Waals surface area contributed by atoms with Crippen LogP contribution in [0.2, 0.25) is 0 Å². The van der Waals surface area contributed by atoms with Crippen molar-refractivity contribution in [1.82, 2.24) is 13.8 Å². The minimum Gasteiger partial charge on any atom is -0.347 e. The van der Waals surface area contributed by atoms with Crippen molar-refractivity contribution < 1.29 is 18.1 Å². The summed E-state index contributed by atoms with van der Waals surface area (Å²) < 4.78 is 29.2. The molecule has 1 aliphatic heterocycles. The number of hydrogen-bond acceptors (Lipinski definition) is 5. The number of para-hydroxylation sites is 1. The van der Waals surface area contributed by atoms with Crippen LogP contribution in [-0.2, 0) is 16.6 Å². The number of nitro benzene ring substituents is 1. The van der Waals surface area contributed by atoms with Crippen LogP contribution in [0, 0.1) is 10.1 Å². The van der Waals surface area contributed by atoms with Gasteiger partial charge < -0.3 is 9.47 Å². The van der Waals surface area contributed by atoms with Gasteiger partial charge in [0.05, 0.1) is 15.4 Å². The summed E-state index contributed by atoms with van der Waals surface area (Å²) in [5, 5.41) is 11.7. The highest BCUT2D eigenvalue weighted by molar-refractivity contribution is 7.89. The van der Waals surface area contributed by atoms with Crippen LogP contribution in [0.3, 0.4) is 0 Å². The van der Waals surface area contributed by atoms with Crippen LogP contribution in [0.4, 0.5) is 5.69 Å². The Morgan fingerprint density at radius 1 is 1.03 bits per heavy atom. The summed E-state index contributed by atoms with van der Waals surface area (Å²) in [4.78, 5) is 25.2. The topological polar surface area (TPSA) is 106 Å². The number of rotatable bonds is 6. The molecule has 0 bridgehead atoms. The summed E-state index contributed by atoms with van der Waals surface area (Å²) in [6.45, 7) is 3.78. The number of hydrogen-bond donors (Lipinski definition) is 0. The van der Waals surface area contributed by atoms with E-state index >= 15 is 0 Å². The van der Waals surface area contributed by atoms with Crippen LogP contribution in [0.5, 0.6) is 0 Å². The Hall–Kier alpha value is -3.24. The Bertz CT molecular complexity index is 1260. The summed E-state index contributed by atoms with van der Waals surface area (Å²) in [7, 11) is -3.79. The maximum Gasteiger partial charge on any atom is 0.269 e. The molecule has 2 aromatic carbocycles. The SMILES string of the molecule is CCCn1cc(C(=O)N2CCN(S(=O)(=O)c3ccc([N+](=O)[O-])cc3)CC2)c2ccccc21. The number of carbonyl (C=O) groups excluding carboxylic acids is 1. The largest absolute Gasteiger partial charge is 0.347 e. The van der Waals surface area contributed by atoms with Crippen molar-refractivity contribution in [2.45, 2.75) is 24.8 Å². The number of sulfonamides is 1. The van der Waals surface area contributed by atoms with Gasteiger partial charge in [-0.1, -0.05) is 25.1 Å². The molecule has 1 amide bonds. The Labute approximate surface area is 186 Å². The lowest BCUT2D eigenvalue weighted by molar-refractivity contribution is -0.384. The number of benzene rings is 2. The minimum absolute atomic E-state index is 0.00510. The molecule has 3 aromatic rings. The Balaban J connectivity index is 1.49. The molecule has 0 spiro atoms. The van der Waals surface area contributed by atoms with E-state index in [1.807, 2.05) is 30.5 Å². The first-order chi connectivity index (χ1) is 15.3. The van der Waals surface area contributed by atoms with E-state index < -0.39 is 14.9 Å². The van der Waals surface area contributed by atoms with Crippen molar-refractivity contribution in [2.75, 3.05) is 26.2 Å². The standard InChI is InChI=1S/C22H24N4O5S/c1-2-11-24-16-20(19-5-3-4-6-21(19)24)22(27)23-12-14-25(15-13-23)32(30,31)18-9-7-17(8-10-18)26(28)29/h3-10,16H,2,11-15H2,1H3. The molecular formula is C22H24N4O5S. The van der Waals surface area contributed by atoms with Gasteiger partial charge in [0, 0.05) is 62.0 Å². The maximum atomic E-state index is 13.2. The fourth-order valence-electron chi connectivity index (χ4n) is 4.03. The molecule has 0 unspecified atom stereocenters. The second-order valence-corrected chi connectivity index (χ2v) is 9.64. The van der Waals surface area contributed by atoms with Gasteiger partial charge >= 0.3 is 0 Å². The summed E-state index contributed by atoms with van der Waals surface area (Å²) in [5.41, 5.74) is 1.47. The second-order valence-electron chi connectivity index (χ2n) is 7.70. The lowest BCUT2D eigenvalue weighted by atomic mass is 10.1. The third-order valence-electron chi connectivity index (χ3n) is 5.69. The predicted octanol–water partition coefficient (Wildman–Crippen LogP) is 3.11. The minimum atomic E-state index is -3.79. The molecule has 1 fully saturated rings. The van der Waals surface area contributed by atoms with E-state index in [2.05, 4.69) is 11.5 Å². The number of aryl methyl sites for hydroxylation is 1. The van der Waals surface area contributed by atoms with E-state index in [9.17, 15) is 23.3 Å². The van der Waals surface area contributed by atoms with Crippen molar-refractivity contribution in [1.29, 1.82) is 0 Å². The lowest BCUT2D eigenvalue weighted by Gasteiger charge is -2.34. The summed E-state index contributed by atoms with van der Waals surface area (Å²) in [6.07, 6.45) is 2.84. The van der Waals surface area contributed by atoms with E-state index in [1.54, 1.807) is 4.90 Å². The summed E-state index contributed by atoms with van der Waals surface area (Å²) >= 11 is 0. The number of nitro groups is 1. The number of fused-ring (bicyclic) bond motifs is 1. The van der Waals surface area contributed by atoms with Gasteiger partial charge in [-0.15, -0.1) is 0 Å². The first-order valence-electron chi connectivity index (χ1n) is 10.4. The van der Waals surface area contributed by atoms with Crippen LogP contribution in [-0.4, -0.2) is 59.2 Å². The van der Waals surface area contributed by atoms with Gasteiger partial charge in [0.1, 0.15) is 0 Å². The second kappa shape index (κ2) is 8.71. The van der Waals surface area contributed by atoms with Crippen molar-refractivity contribution >= 4 is 32.5 Å². The molecule has 168 valence electrons. The number of aromatic nitrogens is 1. The first-order valence-corrected chi connectivity index (χ1v) is 11.9. The highest BCUT2D eigenvalue weighted by atomic mass is 32.2. The molecule has 1 aromatic heterocycles. The molecular weight excluding hydrogens is 432 g/mol. The zero-order valence-corrected chi connectivity index (χ0v) is 18.5. The fraction of sp³-hybridized carbons (Fsp3) is 0.318. The van der Waals surface area contributed by atoms with Gasteiger partial charge in [0.2, 0.25) is 10.0 Å². The van der Waals surface area contributed by atoms with E-state index in [-0.39, 0.29) is 42.7 Å². The molecule has 0 atom stereocenters. The Morgan fingerprint density at radius 3 is 2.31 bits per heavy atom. The van der Waals surface area contributed by atoms with E-state index in [0.717, 1.165) is 23.9 Å². The normalized spacial score (nSPS) is 15.2. The molecule has 2 heterocycles. The quantitative estimate of drug-likeness (QED) is 0.419. The average Bonchev–Trinajstić information content (AvgIpc) is 3.17. The van der Waals surface area contributed by atoms with E-state index in [1.165, 1.54) is 28.6 Å². The highest BCUT2D eigenvalue weighted by Gasteiger charge is 2.31. The molecule has 1 saturated heterocycles. The zero-order chi connectivity index (χ0) is 22.9. The predicted molar refractivity (Wildman–Crippen MR) is 120 cm³/mol. The van der Waals surface area contributed by atoms with Crippen LogP contribution >= 0.6 is 0 Å². The molecule has 0 radical (unpaired) electrons. The molecule has 1 aliphatic rings. The molecule has 32 heavy (non-hydrogen) atoms. The number of non-ortho nitro benzene ring substituents is 1. The van der Waals surface area contributed by atoms with Crippen molar-refractivity contribution in [3.63, 3.8) is 0 Å². The van der Waals surface area contributed by atoms with Gasteiger partial charge in [0.25, 0.3) is 11.6 Å². The van der Waals surface area contributed by atoms with Crippen molar-refractivity contribution in [3.05, 3.63) is 70.4 Å². The highest BCUT2D eigenvalue weighted by Crippen LogP contribution is 2.25. The molecule has 0 aliphatic carbocycles. The van der Waals surface area contributed by atoms with E-state index in [4.69, 9.17) is 0 Å². The van der Waals surface area contributed by atoms with Crippen molar-refractivity contribution in [2.24, 2.45) is 0 Å². The van der Waals surface area contributed by atoms with Gasteiger partial charge in [-0.2, -0.15) is 4.31 Å². The van der Waals surface area contributed by atoms with Gasteiger partial charge in [-0.05, 0) is 24.6 Å². The molecule has 10 heteroatoms. The third kappa shape index (κ3) is 3.98. The van der Waals surface area contributed by atoms with Crippen molar-refractivity contribution in [3.8, 4) is 0 Å². The van der Waals surface area contributed by atoms with E-state index in [0.29, 0.717) is 5.56 Å². The monoisotopic (exact) mass is 456 g/mol. The maximum absolute atomic E-state index is 13.2. The third-order valence-corrected chi connectivity index (χ3v) is 7.61. The van der Waals surface area contributed by atoms with Gasteiger partial charge in [0.15, 0.2) is 0 Å². The van der Waals surface area contributed by atoms with Crippen LogP contribution in [0.25, 0.3) is 10.9 Å². The zero-order valence-electron chi connectivity index (χ0n) is 17.7. The number of piperazine rings is 1. The smallest absolute Gasteiger partial charge is 0.269 e. The Kier molecular flexibility index (Phi) is 5.98. The lowest BCUT2D eigenvalue weighted by Crippen LogP contribution is -2.50. The summed E-state index contributed by atoms with van der Waals surface area (Å²) in [5.74, 6) is -0.108. The summed E-state index contributed by atoms with van der Waals surface area (Å²) in [6, 6.07) is 12.6. The van der Waals surface area contributed by atoms with Crippen LogP contribution in [0.15, 0.2) is 59.6 Å². The van der Waals surface area contributed by atoms with Crippen LogP contribution in [0.1, 0.15) is 23.7 Å². The molecule has 0 N–H and O–H groups in total. The first kappa shape index (κ1) is 22.0. The molecule has 9 nitrogen and oxygen atoms in total. The Morgan fingerprint density at radius 2 is 1.69 bits per heavy atom. The van der Waals surface area contributed by atoms with Gasteiger partial charge in [-0.25, -0.2) is 8.42 Å². The molecule has 0 saturated carbocycles. The van der Waals surface area contributed by atoms with Crippen LogP contribution < -0.4 is 0 Å². The number of nitrogens with zero attached hydrogens (tertiary/aromatic N) is 4. The fourth-order valence-corrected chi connectivity index (χ4v) is 5.46.